The summed E-state index contributed by atoms with van der Waals surface area (Å²) in [5.74, 6) is 0. The maximum absolute atomic E-state index is 12.2. The van der Waals surface area contributed by atoms with Gasteiger partial charge >= 0.3 is 6.03 Å². The summed E-state index contributed by atoms with van der Waals surface area (Å²) in [6.07, 6.45) is 3.67. The van der Waals surface area contributed by atoms with E-state index in [0.717, 1.165) is 30.5 Å². The van der Waals surface area contributed by atoms with E-state index in [0.29, 0.717) is 6.10 Å². The van der Waals surface area contributed by atoms with Gasteiger partial charge in [0.1, 0.15) is 0 Å². The zero-order chi connectivity index (χ0) is 14.9. The van der Waals surface area contributed by atoms with Gasteiger partial charge in [-0.2, -0.15) is 11.3 Å². The molecule has 2 aliphatic rings. The molecule has 22 heavy (non-hydrogen) atoms. The number of amides is 2. The fourth-order valence-electron chi connectivity index (χ4n) is 3.33. The van der Waals surface area contributed by atoms with Crippen LogP contribution in [0.1, 0.15) is 19.3 Å². The van der Waals surface area contributed by atoms with E-state index in [2.05, 4.69) is 33.5 Å². The third-order valence-electron chi connectivity index (χ3n) is 4.40. The molecule has 2 aromatic rings. The first-order valence-electron chi connectivity index (χ1n) is 7.63. The Morgan fingerprint density at radius 2 is 2.18 bits per heavy atom. The molecule has 1 aromatic heterocycles. The van der Waals surface area contributed by atoms with Gasteiger partial charge in [0, 0.05) is 5.69 Å². The number of thiophene rings is 1. The Labute approximate surface area is 133 Å². The maximum Gasteiger partial charge on any atom is 0.319 e. The van der Waals surface area contributed by atoms with Gasteiger partial charge in [0.25, 0.3) is 0 Å². The first-order chi connectivity index (χ1) is 10.8. The molecule has 2 saturated heterocycles. The molecule has 0 spiro atoms. The first-order valence-corrected chi connectivity index (χ1v) is 8.58. The van der Waals surface area contributed by atoms with Gasteiger partial charge in [-0.3, -0.25) is 0 Å². The number of nitrogens with one attached hydrogen (secondary N) is 2. The van der Waals surface area contributed by atoms with E-state index in [-0.39, 0.29) is 18.2 Å². The van der Waals surface area contributed by atoms with Crippen LogP contribution in [-0.2, 0) is 4.74 Å². The summed E-state index contributed by atoms with van der Waals surface area (Å²) in [4.78, 5) is 12.2. The van der Waals surface area contributed by atoms with Crippen LogP contribution >= 0.6 is 11.3 Å². The number of urea groups is 1. The van der Waals surface area contributed by atoms with Crippen molar-refractivity contribution in [2.75, 3.05) is 5.32 Å². The zero-order valence-electron chi connectivity index (χ0n) is 12.1. The van der Waals surface area contributed by atoms with Gasteiger partial charge in [-0.25, -0.2) is 4.79 Å². The number of fused-ring (bicyclic) bond motifs is 2. The molecule has 2 bridgehead atoms. The van der Waals surface area contributed by atoms with Gasteiger partial charge < -0.3 is 15.4 Å². The number of carbonyl (C=O) groups is 1. The van der Waals surface area contributed by atoms with Crippen LogP contribution in [0.15, 0.2) is 41.1 Å². The molecule has 3 atom stereocenters. The topological polar surface area (TPSA) is 50.4 Å². The predicted octanol–water partition coefficient (Wildman–Crippen LogP) is 3.86. The number of rotatable bonds is 3. The lowest BCUT2D eigenvalue weighted by Crippen LogP contribution is -2.43. The van der Waals surface area contributed by atoms with E-state index in [4.69, 9.17) is 4.74 Å². The SMILES string of the molecule is O=C(Nc1cccc(-c2ccsc2)c1)NC1CC2CCC1O2. The second kappa shape index (κ2) is 5.74. The zero-order valence-corrected chi connectivity index (χ0v) is 12.9. The largest absolute Gasteiger partial charge is 0.373 e. The summed E-state index contributed by atoms with van der Waals surface area (Å²) in [5.41, 5.74) is 3.10. The second-order valence-corrected chi connectivity index (χ2v) is 6.69. The van der Waals surface area contributed by atoms with E-state index >= 15 is 0 Å². The minimum atomic E-state index is -0.149. The normalized spacial score (nSPS) is 26.1. The predicted molar refractivity (Wildman–Crippen MR) is 88.2 cm³/mol. The Morgan fingerprint density at radius 1 is 1.23 bits per heavy atom. The number of hydrogen-bond donors (Lipinski definition) is 2. The van der Waals surface area contributed by atoms with Crippen LogP contribution in [0.3, 0.4) is 0 Å². The summed E-state index contributed by atoms with van der Waals surface area (Å²) >= 11 is 1.67. The highest BCUT2D eigenvalue weighted by molar-refractivity contribution is 7.08. The maximum atomic E-state index is 12.2. The summed E-state index contributed by atoms with van der Waals surface area (Å²) < 4.78 is 5.76. The molecule has 2 N–H and O–H groups in total. The Morgan fingerprint density at radius 3 is 2.91 bits per heavy atom. The molecule has 2 aliphatic heterocycles. The minimum Gasteiger partial charge on any atom is -0.373 e. The highest BCUT2D eigenvalue weighted by atomic mass is 32.1. The quantitative estimate of drug-likeness (QED) is 0.904. The number of hydrogen-bond acceptors (Lipinski definition) is 3. The van der Waals surface area contributed by atoms with Crippen LogP contribution in [0.4, 0.5) is 10.5 Å². The van der Waals surface area contributed by atoms with E-state index < -0.39 is 0 Å². The molecule has 2 amide bonds. The monoisotopic (exact) mass is 314 g/mol. The lowest BCUT2D eigenvalue weighted by molar-refractivity contribution is 0.0984. The van der Waals surface area contributed by atoms with Gasteiger partial charge in [0.2, 0.25) is 0 Å². The molecular weight excluding hydrogens is 296 g/mol. The molecule has 0 aliphatic carbocycles. The molecular formula is C17H18N2O2S. The smallest absolute Gasteiger partial charge is 0.319 e. The first kappa shape index (κ1) is 13.8. The molecule has 3 heterocycles. The van der Waals surface area contributed by atoms with Crippen LogP contribution < -0.4 is 10.6 Å². The van der Waals surface area contributed by atoms with Gasteiger partial charge in [0.05, 0.1) is 18.2 Å². The molecule has 5 heteroatoms. The molecule has 0 radical (unpaired) electrons. The van der Waals surface area contributed by atoms with Gasteiger partial charge in [0.15, 0.2) is 0 Å². The average molecular weight is 314 g/mol. The van der Waals surface area contributed by atoms with Crippen LogP contribution in [0.5, 0.6) is 0 Å². The van der Waals surface area contributed by atoms with E-state index in [1.54, 1.807) is 11.3 Å². The number of anilines is 1. The Balaban J connectivity index is 1.40. The third kappa shape index (κ3) is 2.74. The van der Waals surface area contributed by atoms with Crippen molar-refractivity contribution in [3.05, 3.63) is 41.1 Å². The van der Waals surface area contributed by atoms with Crippen molar-refractivity contribution < 1.29 is 9.53 Å². The third-order valence-corrected chi connectivity index (χ3v) is 5.08. The van der Waals surface area contributed by atoms with Crippen molar-refractivity contribution in [3.63, 3.8) is 0 Å². The fraction of sp³-hybridized carbons (Fsp3) is 0.353. The Bertz CT molecular complexity index is 671. The molecule has 2 fully saturated rings. The molecule has 3 unspecified atom stereocenters. The Kier molecular flexibility index (Phi) is 3.60. The lowest BCUT2D eigenvalue weighted by Gasteiger charge is -2.20. The number of benzene rings is 1. The van der Waals surface area contributed by atoms with Crippen LogP contribution in [0.25, 0.3) is 11.1 Å². The van der Waals surface area contributed by atoms with Gasteiger partial charge in [-0.1, -0.05) is 12.1 Å². The van der Waals surface area contributed by atoms with Crippen LogP contribution in [0.2, 0.25) is 0 Å². The Hall–Kier alpha value is -1.85. The lowest BCUT2D eigenvalue weighted by atomic mass is 9.96. The molecule has 114 valence electrons. The average Bonchev–Trinajstić information content (AvgIpc) is 3.25. The molecule has 1 aromatic carbocycles. The highest BCUT2D eigenvalue weighted by Crippen LogP contribution is 2.34. The summed E-state index contributed by atoms with van der Waals surface area (Å²) in [7, 11) is 0. The van der Waals surface area contributed by atoms with Crippen molar-refractivity contribution in [3.8, 4) is 11.1 Å². The standard InChI is InChI=1S/C17H18N2O2S/c20-17(19-15-9-14-4-5-16(15)21-14)18-13-3-1-2-11(8-13)12-6-7-22-10-12/h1-3,6-8,10,14-16H,4-5,9H2,(H2,18,19,20). The highest BCUT2D eigenvalue weighted by Gasteiger charge is 2.41. The van der Waals surface area contributed by atoms with Crippen molar-refractivity contribution in [1.82, 2.24) is 5.32 Å². The second-order valence-electron chi connectivity index (χ2n) is 5.91. The fourth-order valence-corrected chi connectivity index (χ4v) is 4.00. The van der Waals surface area contributed by atoms with Gasteiger partial charge in [-0.05, 0) is 59.3 Å². The minimum absolute atomic E-state index is 0.149. The van der Waals surface area contributed by atoms with E-state index in [9.17, 15) is 4.79 Å². The number of carbonyl (C=O) groups excluding carboxylic acids is 1. The summed E-state index contributed by atoms with van der Waals surface area (Å²) in [5, 5.41) is 10.1. The number of ether oxygens (including phenoxy) is 1. The molecule has 0 saturated carbocycles. The van der Waals surface area contributed by atoms with E-state index in [1.165, 1.54) is 5.56 Å². The van der Waals surface area contributed by atoms with Crippen LogP contribution in [0, 0.1) is 0 Å². The van der Waals surface area contributed by atoms with Gasteiger partial charge in [-0.15, -0.1) is 0 Å². The molecule has 4 nitrogen and oxygen atoms in total. The van der Waals surface area contributed by atoms with Crippen molar-refractivity contribution in [2.24, 2.45) is 0 Å². The van der Waals surface area contributed by atoms with E-state index in [1.807, 2.05) is 18.2 Å². The van der Waals surface area contributed by atoms with Crippen LogP contribution in [-0.4, -0.2) is 24.3 Å². The summed E-state index contributed by atoms with van der Waals surface area (Å²) in [6.45, 7) is 0. The summed E-state index contributed by atoms with van der Waals surface area (Å²) in [6, 6.07) is 10.0. The molecule has 4 rings (SSSR count). The van der Waals surface area contributed by atoms with Crippen molar-refractivity contribution >= 4 is 23.1 Å². The van der Waals surface area contributed by atoms with Crippen molar-refractivity contribution in [1.29, 1.82) is 0 Å². The van der Waals surface area contributed by atoms with Crippen molar-refractivity contribution in [2.45, 2.75) is 37.5 Å².